The summed E-state index contributed by atoms with van der Waals surface area (Å²) < 4.78 is 13.8. The first-order chi connectivity index (χ1) is 9.26. The number of nitrogens with two attached hydrogens (primary N) is 1. The minimum absolute atomic E-state index is 0.341. The molecule has 6 heteroatoms. The van der Waals surface area contributed by atoms with E-state index in [-0.39, 0.29) is 5.82 Å². The largest absolute Gasteiger partial charge is 0.397 e. The van der Waals surface area contributed by atoms with Gasteiger partial charge in [0.1, 0.15) is 5.82 Å². The molecule has 0 aliphatic carbocycles. The van der Waals surface area contributed by atoms with Gasteiger partial charge in [-0.2, -0.15) is 0 Å². The molecule has 1 aromatic rings. The number of anilines is 2. The van der Waals surface area contributed by atoms with E-state index in [1.54, 1.807) is 6.07 Å². The third kappa shape index (κ3) is 3.84. The van der Waals surface area contributed by atoms with Crippen LogP contribution in [-0.4, -0.2) is 48.3 Å². The van der Waals surface area contributed by atoms with Gasteiger partial charge in [0.25, 0.3) is 0 Å². The van der Waals surface area contributed by atoms with Gasteiger partial charge in [-0.25, -0.2) is 4.39 Å². The average Bonchev–Trinajstić information content (AvgIpc) is 2.33. The van der Waals surface area contributed by atoms with E-state index in [1.165, 1.54) is 6.07 Å². The smallest absolute Gasteiger partial charge is 0.139 e. The number of halogens is 2. The molecule has 0 spiro atoms. The zero-order valence-corrected chi connectivity index (χ0v) is 13.5. The molecular formula is C14H21BrFN3O. The highest BCUT2D eigenvalue weighted by Crippen LogP contribution is 2.30. The van der Waals surface area contributed by atoms with Gasteiger partial charge in [0.05, 0.1) is 21.4 Å². The number of nitrogen functional groups attached to an aromatic ring is 1. The van der Waals surface area contributed by atoms with Crippen LogP contribution in [0.2, 0.25) is 0 Å². The van der Waals surface area contributed by atoms with Crippen LogP contribution in [0.25, 0.3) is 0 Å². The lowest BCUT2D eigenvalue weighted by Gasteiger charge is -2.38. The Kier molecular flexibility index (Phi) is 4.56. The average molecular weight is 346 g/mol. The zero-order valence-electron chi connectivity index (χ0n) is 11.9. The van der Waals surface area contributed by atoms with E-state index in [0.717, 1.165) is 31.9 Å². The van der Waals surface area contributed by atoms with Gasteiger partial charge < -0.3 is 15.7 Å². The van der Waals surface area contributed by atoms with E-state index in [9.17, 15) is 9.50 Å². The number of aliphatic hydroxyl groups is 1. The van der Waals surface area contributed by atoms with Gasteiger partial charge in [0.2, 0.25) is 0 Å². The normalized spacial score (nSPS) is 17.6. The molecule has 0 bridgehead atoms. The molecule has 2 rings (SSSR count). The van der Waals surface area contributed by atoms with Crippen LogP contribution in [0.4, 0.5) is 15.8 Å². The predicted molar refractivity (Wildman–Crippen MR) is 83.5 cm³/mol. The van der Waals surface area contributed by atoms with E-state index in [0.29, 0.717) is 16.7 Å². The van der Waals surface area contributed by atoms with Crippen molar-refractivity contribution in [3.63, 3.8) is 0 Å². The van der Waals surface area contributed by atoms with Crippen molar-refractivity contribution < 1.29 is 9.50 Å². The van der Waals surface area contributed by atoms with Crippen LogP contribution in [0.1, 0.15) is 13.8 Å². The van der Waals surface area contributed by atoms with Crippen molar-refractivity contribution in [1.82, 2.24) is 4.90 Å². The third-order valence-corrected chi connectivity index (χ3v) is 4.00. The number of benzene rings is 1. The van der Waals surface area contributed by atoms with Crippen LogP contribution >= 0.6 is 15.9 Å². The van der Waals surface area contributed by atoms with E-state index in [4.69, 9.17) is 5.73 Å². The van der Waals surface area contributed by atoms with E-state index in [2.05, 4.69) is 25.7 Å². The number of hydrogen-bond acceptors (Lipinski definition) is 4. The maximum atomic E-state index is 13.4. The quantitative estimate of drug-likeness (QED) is 0.823. The van der Waals surface area contributed by atoms with E-state index < -0.39 is 5.60 Å². The fourth-order valence-electron chi connectivity index (χ4n) is 2.52. The van der Waals surface area contributed by atoms with Gasteiger partial charge in [-0.15, -0.1) is 0 Å². The van der Waals surface area contributed by atoms with Crippen molar-refractivity contribution >= 4 is 27.3 Å². The molecule has 3 N–H and O–H groups in total. The molecule has 1 aliphatic heterocycles. The molecule has 1 aliphatic rings. The molecule has 4 nitrogen and oxygen atoms in total. The molecular weight excluding hydrogens is 325 g/mol. The van der Waals surface area contributed by atoms with Gasteiger partial charge in [-0.1, -0.05) is 0 Å². The Morgan fingerprint density at radius 1 is 1.30 bits per heavy atom. The summed E-state index contributed by atoms with van der Waals surface area (Å²) >= 11 is 3.20. The first-order valence-corrected chi connectivity index (χ1v) is 7.50. The fourth-order valence-corrected chi connectivity index (χ4v) is 2.85. The van der Waals surface area contributed by atoms with Crippen molar-refractivity contribution in [2.45, 2.75) is 19.4 Å². The van der Waals surface area contributed by atoms with Crippen LogP contribution in [-0.2, 0) is 0 Å². The lowest BCUT2D eigenvalue weighted by molar-refractivity contribution is 0.0345. The number of rotatable bonds is 3. The van der Waals surface area contributed by atoms with Crippen molar-refractivity contribution in [2.75, 3.05) is 43.4 Å². The molecule has 0 atom stereocenters. The minimum atomic E-state index is -0.680. The molecule has 20 heavy (non-hydrogen) atoms. The van der Waals surface area contributed by atoms with Gasteiger partial charge in [0.15, 0.2) is 0 Å². The van der Waals surface area contributed by atoms with Gasteiger partial charge in [-0.3, -0.25) is 4.90 Å². The Bertz CT molecular complexity index is 482. The maximum Gasteiger partial charge on any atom is 0.139 e. The Labute approximate surface area is 127 Å². The third-order valence-electron chi connectivity index (χ3n) is 3.39. The van der Waals surface area contributed by atoms with E-state index in [1.807, 2.05) is 13.8 Å². The molecule has 0 amide bonds. The van der Waals surface area contributed by atoms with Crippen LogP contribution in [0.15, 0.2) is 16.6 Å². The first-order valence-electron chi connectivity index (χ1n) is 6.70. The van der Waals surface area contributed by atoms with Crippen molar-refractivity contribution in [3.8, 4) is 0 Å². The highest BCUT2D eigenvalue weighted by molar-refractivity contribution is 9.10. The second-order valence-electron chi connectivity index (χ2n) is 5.90. The Balaban J connectivity index is 2.02. The minimum Gasteiger partial charge on any atom is -0.397 e. The van der Waals surface area contributed by atoms with Crippen LogP contribution in [0.5, 0.6) is 0 Å². The standard InChI is InChI=1S/C14H21BrFN3O/c1-14(2,20)9-18-3-5-19(6-4-18)13-7-10(15)11(16)8-12(13)17/h7-8,20H,3-6,9,17H2,1-2H3. The highest BCUT2D eigenvalue weighted by Gasteiger charge is 2.24. The molecule has 1 saturated heterocycles. The van der Waals surface area contributed by atoms with Gasteiger partial charge >= 0.3 is 0 Å². The predicted octanol–water partition coefficient (Wildman–Crippen LogP) is 2.06. The van der Waals surface area contributed by atoms with Gasteiger partial charge in [-0.05, 0) is 35.8 Å². The summed E-state index contributed by atoms with van der Waals surface area (Å²) in [7, 11) is 0. The summed E-state index contributed by atoms with van der Waals surface area (Å²) in [4.78, 5) is 4.38. The van der Waals surface area contributed by atoms with Crippen molar-refractivity contribution in [3.05, 3.63) is 22.4 Å². The highest BCUT2D eigenvalue weighted by atomic mass is 79.9. The van der Waals surface area contributed by atoms with Crippen LogP contribution < -0.4 is 10.6 Å². The second-order valence-corrected chi connectivity index (χ2v) is 6.76. The van der Waals surface area contributed by atoms with Crippen LogP contribution in [0, 0.1) is 5.82 Å². The van der Waals surface area contributed by atoms with Crippen molar-refractivity contribution in [2.24, 2.45) is 0 Å². The first kappa shape index (κ1) is 15.5. The topological polar surface area (TPSA) is 52.7 Å². The lowest BCUT2D eigenvalue weighted by Crippen LogP contribution is -2.50. The Morgan fingerprint density at radius 2 is 1.90 bits per heavy atom. The Hall–Kier alpha value is -0.850. The molecule has 0 saturated carbocycles. The summed E-state index contributed by atoms with van der Waals surface area (Å²) in [5.41, 5.74) is 6.54. The maximum absolute atomic E-state index is 13.4. The SMILES string of the molecule is CC(C)(O)CN1CCN(c2cc(Br)c(F)cc2N)CC1. The number of β-amino-alcohol motifs (C(OH)–C–C–N with tert-alkyl or cyclic N) is 1. The second kappa shape index (κ2) is 5.87. The van der Waals surface area contributed by atoms with Crippen molar-refractivity contribution in [1.29, 1.82) is 0 Å². The zero-order chi connectivity index (χ0) is 14.9. The number of nitrogens with zero attached hydrogens (tertiary/aromatic N) is 2. The van der Waals surface area contributed by atoms with Crippen LogP contribution in [0.3, 0.4) is 0 Å². The molecule has 1 fully saturated rings. The molecule has 0 aromatic heterocycles. The number of hydrogen-bond donors (Lipinski definition) is 2. The summed E-state index contributed by atoms with van der Waals surface area (Å²) in [6.45, 7) is 7.64. The van der Waals surface area contributed by atoms with Gasteiger partial charge in [0, 0.05) is 38.8 Å². The monoisotopic (exact) mass is 345 g/mol. The molecule has 0 radical (unpaired) electrons. The summed E-state index contributed by atoms with van der Waals surface area (Å²) in [6.07, 6.45) is 0. The Morgan fingerprint density at radius 3 is 2.45 bits per heavy atom. The summed E-state index contributed by atoms with van der Waals surface area (Å²) in [6, 6.07) is 3.08. The fraction of sp³-hybridized carbons (Fsp3) is 0.571. The number of piperazine rings is 1. The molecule has 1 aromatic carbocycles. The molecule has 0 unspecified atom stereocenters. The summed E-state index contributed by atoms with van der Waals surface area (Å²) in [5.74, 6) is -0.341. The molecule has 112 valence electrons. The van der Waals surface area contributed by atoms with E-state index >= 15 is 0 Å². The molecule has 1 heterocycles. The lowest BCUT2D eigenvalue weighted by atomic mass is 10.1. The summed E-state index contributed by atoms with van der Waals surface area (Å²) in [5, 5.41) is 9.84.